The molecule has 0 atom stereocenters. The van der Waals surface area contributed by atoms with Crippen molar-refractivity contribution >= 4 is 34.8 Å². The number of rotatable bonds is 4. The van der Waals surface area contributed by atoms with Gasteiger partial charge in [-0.15, -0.1) is 0 Å². The van der Waals surface area contributed by atoms with E-state index in [1.807, 2.05) is 24.3 Å². The summed E-state index contributed by atoms with van der Waals surface area (Å²) in [6.45, 7) is 0.156. The molecule has 0 fully saturated rings. The number of hydrogen-bond acceptors (Lipinski definition) is 2. The van der Waals surface area contributed by atoms with E-state index in [0.717, 1.165) is 11.1 Å². The van der Waals surface area contributed by atoms with E-state index in [1.165, 1.54) is 6.07 Å². The lowest BCUT2D eigenvalue weighted by atomic mass is 10.0. The van der Waals surface area contributed by atoms with Crippen LogP contribution in [0.2, 0.25) is 5.02 Å². The third-order valence-corrected chi connectivity index (χ3v) is 4.54. The fourth-order valence-corrected chi connectivity index (χ4v) is 3.09. The zero-order valence-corrected chi connectivity index (χ0v) is 15.0. The van der Waals surface area contributed by atoms with E-state index in [-0.39, 0.29) is 18.3 Å². The number of ether oxygens (including phenoxy) is 1. The first-order valence-electron chi connectivity index (χ1n) is 8.39. The monoisotopic (exact) mass is 379 g/mol. The van der Waals surface area contributed by atoms with E-state index < -0.39 is 0 Å². The molecule has 3 aromatic carbocycles. The van der Waals surface area contributed by atoms with Crippen molar-refractivity contribution in [3.8, 4) is 5.75 Å². The minimum absolute atomic E-state index is 0.156. The van der Waals surface area contributed by atoms with Crippen LogP contribution in [0.1, 0.15) is 16.7 Å². The van der Waals surface area contributed by atoms with Gasteiger partial charge in [-0.05, 0) is 42.0 Å². The number of anilines is 1. The van der Waals surface area contributed by atoms with Gasteiger partial charge in [-0.3, -0.25) is 4.79 Å². The third kappa shape index (κ3) is 3.71. The molecule has 0 aromatic heterocycles. The highest BCUT2D eigenvalue weighted by atomic mass is 35.5. The number of nitrogens with one attached hydrogen (secondary N) is 1. The summed E-state index contributed by atoms with van der Waals surface area (Å²) in [5.74, 6) is 0.181. The van der Waals surface area contributed by atoms with Gasteiger partial charge in [0.15, 0.2) is 0 Å². The lowest BCUT2D eigenvalue weighted by molar-refractivity contribution is -0.110. The highest BCUT2D eigenvalue weighted by Crippen LogP contribution is 2.35. The van der Waals surface area contributed by atoms with Crippen LogP contribution in [0, 0.1) is 5.82 Å². The Bertz CT molecular complexity index is 1040. The molecular weight excluding hydrogens is 365 g/mol. The number of hydrogen-bond donors (Lipinski definition) is 1. The second-order valence-electron chi connectivity index (χ2n) is 6.15. The van der Waals surface area contributed by atoms with Crippen LogP contribution in [0.25, 0.3) is 11.6 Å². The fourth-order valence-electron chi connectivity index (χ4n) is 2.91. The largest absolute Gasteiger partial charge is 0.489 e. The first-order valence-corrected chi connectivity index (χ1v) is 8.77. The summed E-state index contributed by atoms with van der Waals surface area (Å²) in [5.41, 5.74) is 3.48. The molecule has 3 nitrogen and oxygen atoms in total. The van der Waals surface area contributed by atoms with Crippen LogP contribution in [-0.2, 0) is 11.4 Å². The smallest absolute Gasteiger partial charge is 0.256 e. The van der Waals surface area contributed by atoms with E-state index in [4.69, 9.17) is 16.3 Å². The predicted molar refractivity (Wildman–Crippen MR) is 105 cm³/mol. The number of fused-ring (bicyclic) bond motifs is 1. The van der Waals surface area contributed by atoms with Crippen LogP contribution in [0.15, 0.2) is 66.7 Å². The van der Waals surface area contributed by atoms with Crippen LogP contribution in [-0.4, -0.2) is 5.91 Å². The van der Waals surface area contributed by atoms with Gasteiger partial charge in [0.1, 0.15) is 18.2 Å². The topological polar surface area (TPSA) is 38.3 Å². The van der Waals surface area contributed by atoms with Crippen LogP contribution in [0.3, 0.4) is 0 Å². The van der Waals surface area contributed by atoms with E-state index in [0.29, 0.717) is 27.6 Å². The van der Waals surface area contributed by atoms with Crippen molar-refractivity contribution in [3.05, 3.63) is 94.3 Å². The summed E-state index contributed by atoms with van der Waals surface area (Å²) in [5, 5.41) is 3.39. The Kier molecular flexibility index (Phi) is 4.65. The van der Waals surface area contributed by atoms with Gasteiger partial charge < -0.3 is 10.1 Å². The van der Waals surface area contributed by atoms with Crippen LogP contribution in [0.5, 0.6) is 5.75 Å². The molecule has 0 radical (unpaired) electrons. The molecule has 1 N–H and O–H groups in total. The average Bonchev–Trinajstić information content (AvgIpc) is 2.96. The first-order chi connectivity index (χ1) is 13.1. The second-order valence-corrected chi connectivity index (χ2v) is 6.59. The summed E-state index contributed by atoms with van der Waals surface area (Å²) in [6, 6.07) is 19.1. The molecule has 0 bridgehead atoms. The average molecular weight is 380 g/mol. The molecule has 3 aromatic rings. The highest BCUT2D eigenvalue weighted by molar-refractivity contribution is 6.36. The SMILES string of the molecule is O=C1Nc2cc(Cl)ccc2/C1=C\c1ccc(OCc2ccccc2F)cc1. The van der Waals surface area contributed by atoms with Crippen molar-refractivity contribution < 1.29 is 13.9 Å². The predicted octanol–water partition coefficient (Wildman–Crippen LogP) is 5.55. The molecular formula is C22H15ClFNO2. The summed E-state index contributed by atoms with van der Waals surface area (Å²) in [6.07, 6.45) is 1.82. The Morgan fingerprint density at radius 3 is 2.59 bits per heavy atom. The Labute approximate surface area is 161 Å². The number of halogens is 2. The Morgan fingerprint density at radius 2 is 1.81 bits per heavy atom. The summed E-state index contributed by atoms with van der Waals surface area (Å²) in [4.78, 5) is 12.2. The van der Waals surface area contributed by atoms with Gasteiger partial charge in [0.2, 0.25) is 0 Å². The standard InChI is InChI=1S/C22H15ClFNO2/c23-16-7-10-18-19(22(26)25-21(18)12-16)11-14-5-8-17(9-6-14)27-13-15-3-1-2-4-20(15)24/h1-12H,13H2,(H,25,26)/b19-11+. The molecule has 1 amide bonds. The van der Waals surface area contributed by atoms with Gasteiger partial charge in [0.25, 0.3) is 5.91 Å². The van der Waals surface area contributed by atoms with Crippen molar-refractivity contribution in [1.82, 2.24) is 0 Å². The van der Waals surface area contributed by atoms with E-state index in [1.54, 1.807) is 42.5 Å². The second kappa shape index (κ2) is 7.25. The van der Waals surface area contributed by atoms with Crippen molar-refractivity contribution in [2.24, 2.45) is 0 Å². The maximum Gasteiger partial charge on any atom is 0.256 e. The zero-order valence-electron chi connectivity index (χ0n) is 14.2. The van der Waals surface area contributed by atoms with Crippen molar-refractivity contribution in [2.75, 3.05) is 5.32 Å². The maximum absolute atomic E-state index is 13.6. The summed E-state index contributed by atoms with van der Waals surface area (Å²) < 4.78 is 19.3. The molecule has 1 aliphatic heterocycles. The molecule has 1 aliphatic rings. The Balaban J connectivity index is 1.51. The van der Waals surface area contributed by atoms with E-state index in [2.05, 4.69) is 5.32 Å². The van der Waals surface area contributed by atoms with E-state index in [9.17, 15) is 9.18 Å². The van der Waals surface area contributed by atoms with Gasteiger partial charge in [-0.2, -0.15) is 0 Å². The molecule has 4 rings (SSSR count). The molecule has 0 saturated carbocycles. The molecule has 0 aliphatic carbocycles. The molecule has 134 valence electrons. The molecule has 27 heavy (non-hydrogen) atoms. The molecule has 0 unspecified atom stereocenters. The molecule has 0 spiro atoms. The Hall–Kier alpha value is -3.11. The van der Waals surface area contributed by atoms with E-state index >= 15 is 0 Å². The normalized spacial score (nSPS) is 14.1. The molecule has 0 saturated heterocycles. The zero-order chi connectivity index (χ0) is 18.8. The lowest BCUT2D eigenvalue weighted by Crippen LogP contribution is -2.03. The number of carbonyl (C=O) groups excluding carboxylic acids is 1. The molecule has 5 heteroatoms. The quantitative estimate of drug-likeness (QED) is 0.603. The van der Waals surface area contributed by atoms with Crippen LogP contribution in [0.4, 0.5) is 10.1 Å². The van der Waals surface area contributed by atoms with Gasteiger partial charge >= 0.3 is 0 Å². The van der Waals surface area contributed by atoms with Crippen LogP contribution < -0.4 is 10.1 Å². The van der Waals surface area contributed by atoms with Gasteiger partial charge in [0.05, 0.1) is 5.69 Å². The number of carbonyl (C=O) groups is 1. The van der Waals surface area contributed by atoms with Crippen molar-refractivity contribution in [3.63, 3.8) is 0 Å². The van der Waals surface area contributed by atoms with Crippen molar-refractivity contribution in [1.29, 1.82) is 0 Å². The summed E-state index contributed by atoms with van der Waals surface area (Å²) >= 11 is 5.97. The first kappa shape index (κ1) is 17.3. The minimum atomic E-state index is -0.287. The fraction of sp³-hybridized carbons (Fsp3) is 0.0455. The molecule has 1 heterocycles. The maximum atomic E-state index is 13.6. The van der Waals surface area contributed by atoms with Gasteiger partial charge in [-0.1, -0.05) is 48.0 Å². The van der Waals surface area contributed by atoms with Gasteiger partial charge in [0, 0.05) is 21.7 Å². The van der Waals surface area contributed by atoms with Crippen molar-refractivity contribution in [2.45, 2.75) is 6.61 Å². The lowest BCUT2D eigenvalue weighted by Gasteiger charge is -2.07. The van der Waals surface area contributed by atoms with Gasteiger partial charge in [-0.25, -0.2) is 4.39 Å². The number of amides is 1. The number of benzene rings is 3. The minimum Gasteiger partial charge on any atom is -0.489 e. The Morgan fingerprint density at radius 1 is 1.04 bits per heavy atom. The third-order valence-electron chi connectivity index (χ3n) is 4.31. The summed E-state index contributed by atoms with van der Waals surface area (Å²) in [7, 11) is 0. The van der Waals surface area contributed by atoms with Crippen LogP contribution >= 0.6 is 11.6 Å². The highest BCUT2D eigenvalue weighted by Gasteiger charge is 2.23.